The van der Waals surface area contributed by atoms with Gasteiger partial charge in [0.15, 0.2) is 0 Å². The molecule has 0 saturated carbocycles. The summed E-state index contributed by atoms with van der Waals surface area (Å²) in [6, 6.07) is 0.694. The Morgan fingerprint density at radius 3 is 3.07 bits per heavy atom. The van der Waals surface area contributed by atoms with Crippen LogP contribution >= 0.6 is 0 Å². The van der Waals surface area contributed by atoms with Gasteiger partial charge in [0.05, 0.1) is 6.54 Å². The zero-order valence-electron chi connectivity index (χ0n) is 8.59. The van der Waals surface area contributed by atoms with E-state index in [0.717, 1.165) is 19.6 Å². The Kier molecular flexibility index (Phi) is 3.37. The molecule has 2 heterocycles. The van der Waals surface area contributed by atoms with E-state index in [1.807, 2.05) is 0 Å². The molecule has 2 aliphatic heterocycles. The number of nitrogens with zero attached hydrogens (tertiary/aromatic N) is 1. The molecule has 0 radical (unpaired) electrons. The largest absolute Gasteiger partial charge is 0.354 e. The summed E-state index contributed by atoms with van der Waals surface area (Å²) < 4.78 is 0. The van der Waals surface area contributed by atoms with Crippen molar-refractivity contribution in [2.45, 2.75) is 25.3 Å². The average Bonchev–Trinajstić information content (AvgIpc) is 2.67. The molecule has 80 valence electrons. The van der Waals surface area contributed by atoms with E-state index in [0.29, 0.717) is 12.6 Å². The van der Waals surface area contributed by atoms with Crippen molar-refractivity contribution >= 4 is 5.91 Å². The molecule has 0 aromatic carbocycles. The molecule has 2 rings (SSSR count). The first-order valence-electron chi connectivity index (χ1n) is 5.57. The molecule has 2 aliphatic rings. The van der Waals surface area contributed by atoms with E-state index in [2.05, 4.69) is 15.5 Å². The third kappa shape index (κ3) is 2.69. The maximum Gasteiger partial charge on any atom is 0.234 e. The lowest BCUT2D eigenvalue weighted by Crippen LogP contribution is -2.48. The molecule has 0 aromatic rings. The van der Waals surface area contributed by atoms with Crippen LogP contribution in [0.2, 0.25) is 0 Å². The van der Waals surface area contributed by atoms with Gasteiger partial charge in [-0.2, -0.15) is 0 Å². The number of rotatable bonds is 3. The predicted octanol–water partition coefficient (Wildman–Crippen LogP) is -0.440. The van der Waals surface area contributed by atoms with Crippen LogP contribution in [0.1, 0.15) is 19.3 Å². The zero-order chi connectivity index (χ0) is 9.80. The highest BCUT2D eigenvalue weighted by atomic mass is 16.2. The highest BCUT2D eigenvalue weighted by Crippen LogP contribution is 2.09. The first kappa shape index (κ1) is 9.93. The third-order valence-corrected chi connectivity index (χ3v) is 3.07. The normalized spacial score (nSPS) is 29.1. The highest BCUT2D eigenvalue weighted by Gasteiger charge is 2.18. The van der Waals surface area contributed by atoms with Gasteiger partial charge in [0, 0.05) is 25.7 Å². The zero-order valence-corrected chi connectivity index (χ0v) is 8.59. The van der Waals surface area contributed by atoms with Gasteiger partial charge in [0.2, 0.25) is 5.91 Å². The Morgan fingerprint density at radius 2 is 2.36 bits per heavy atom. The molecule has 0 aromatic heterocycles. The summed E-state index contributed by atoms with van der Waals surface area (Å²) >= 11 is 0. The quantitative estimate of drug-likeness (QED) is 0.645. The summed E-state index contributed by atoms with van der Waals surface area (Å²) in [5, 5.41) is 6.32. The molecule has 4 heteroatoms. The van der Waals surface area contributed by atoms with Gasteiger partial charge >= 0.3 is 0 Å². The maximum absolute atomic E-state index is 11.1. The van der Waals surface area contributed by atoms with Crippen LogP contribution in [0.5, 0.6) is 0 Å². The fraction of sp³-hybridized carbons (Fsp3) is 0.900. The van der Waals surface area contributed by atoms with Crippen LogP contribution in [0.3, 0.4) is 0 Å². The van der Waals surface area contributed by atoms with Crippen molar-refractivity contribution < 1.29 is 4.79 Å². The Labute approximate surface area is 85.0 Å². The number of hydrogen-bond acceptors (Lipinski definition) is 3. The maximum atomic E-state index is 11.1. The van der Waals surface area contributed by atoms with Crippen LogP contribution in [-0.2, 0) is 4.79 Å². The van der Waals surface area contributed by atoms with Gasteiger partial charge < -0.3 is 10.6 Å². The average molecular weight is 197 g/mol. The van der Waals surface area contributed by atoms with E-state index < -0.39 is 0 Å². The molecule has 0 aliphatic carbocycles. The fourth-order valence-electron chi connectivity index (χ4n) is 2.22. The highest BCUT2D eigenvalue weighted by molar-refractivity contribution is 5.78. The second kappa shape index (κ2) is 4.75. The third-order valence-electron chi connectivity index (χ3n) is 3.07. The minimum Gasteiger partial charge on any atom is -0.354 e. The van der Waals surface area contributed by atoms with E-state index in [9.17, 15) is 4.79 Å². The van der Waals surface area contributed by atoms with E-state index in [4.69, 9.17) is 0 Å². The number of carbonyl (C=O) groups excluding carboxylic acids is 1. The molecule has 4 nitrogen and oxygen atoms in total. The molecular formula is C10H19N3O. The molecule has 1 unspecified atom stereocenters. The summed E-state index contributed by atoms with van der Waals surface area (Å²) in [6.07, 6.45) is 3.80. The summed E-state index contributed by atoms with van der Waals surface area (Å²) in [5.74, 6) is 0.177. The van der Waals surface area contributed by atoms with Crippen LogP contribution in [0.4, 0.5) is 0 Å². The van der Waals surface area contributed by atoms with Gasteiger partial charge in [-0.15, -0.1) is 0 Å². The fourth-order valence-corrected chi connectivity index (χ4v) is 2.22. The number of amides is 1. The Hall–Kier alpha value is -0.610. The molecule has 2 N–H and O–H groups in total. The number of carbonyl (C=O) groups is 1. The second-order valence-corrected chi connectivity index (χ2v) is 4.21. The lowest BCUT2D eigenvalue weighted by Gasteiger charge is -2.27. The molecule has 14 heavy (non-hydrogen) atoms. The van der Waals surface area contributed by atoms with Crippen molar-refractivity contribution in [3.63, 3.8) is 0 Å². The van der Waals surface area contributed by atoms with Crippen molar-refractivity contribution in [3.8, 4) is 0 Å². The lowest BCUT2D eigenvalue weighted by molar-refractivity contribution is -0.124. The summed E-state index contributed by atoms with van der Waals surface area (Å²) in [6.45, 7) is 4.65. The minimum absolute atomic E-state index is 0.177. The summed E-state index contributed by atoms with van der Waals surface area (Å²) in [7, 11) is 0. The first-order valence-corrected chi connectivity index (χ1v) is 5.57. The van der Waals surface area contributed by atoms with Crippen LogP contribution in [-0.4, -0.2) is 49.6 Å². The molecule has 1 amide bonds. The SMILES string of the molecule is O=C1CN(CCC2CCCN2)CCN1. The van der Waals surface area contributed by atoms with Gasteiger partial charge in [-0.25, -0.2) is 0 Å². The van der Waals surface area contributed by atoms with Gasteiger partial charge in [-0.1, -0.05) is 0 Å². The van der Waals surface area contributed by atoms with Crippen LogP contribution in [0.25, 0.3) is 0 Å². The topological polar surface area (TPSA) is 44.4 Å². The lowest BCUT2D eigenvalue weighted by atomic mass is 10.1. The predicted molar refractivity (Wildman–Crippen MR) is 55.1 cm³/mol. The Balaban J connectivity index is 1.66. The standard InChI is InChI=1S/C10H19N3O/c14-10-8-13(7-5-12-10)6-3-9-2-1-4-11-9/h9,11H,1-8H2,(H,12,14). The minimum atomic E-state index is 0.177. The van der Waals surface area contributed by atoms with Crippen molar-refractivity contribution in [2.75, 3.05) is 32.7 Å². The molecule has 0 spiro atoms. The van der Waals surface area contributed by atoms with Crippen LogP contribution in [0, 0.1) is 0 Å². The molecule has 1 atom stereocenters. The molecule has 0 bridgehead atoms. The van der Waals surface area contributed by atoms with Crippen LogP contribution in [0.15, 0.2) is 0 Å². The van der Waals surface area contributed by atoms with E-state index in [-0.39, 0.29) is 5.91 Å². The van der Waals surface area contributed by atoms with Gasteiger partial charge in [0.25, 0.3) is 0 Å². The van der Waals surface area contributed by atoms with Crippen LogP contribution < -0.4 is 10.6 Å². The number of nitrogens with one attached hydrogen (secondary N) is 2. The first-order chi connectivity index (χ1) is 6.84. The van der Waals surface area contributed by atoms with Gasteiger partial charge in [-0.3, -0.25) is 9.69 Å². The number of piperazine rings is 1. The summed E-state index contributed by atoms with van der Waals surface area (Å²) in [4.78, 5) is 13.4. The van der Waals surface area contributed by atoms with E-state index in [1.54, 1.807) is 0 Å². The van der Waals surface area contributed by atoms with Gasteiger partial charge in [-0.05, 0) is 25.8 Å². The smallest absolute Gasteiger partial charge is 0.234 e. The number of hydrogen-bond donors (Lipinski definition) is 2. The summed E-state index contributed by atoms with van der Waals surface area (Å²) in [5.41, 5.74) is 0. The van der Waals surface area contributed by atoms with Gasteiger partial charge in [0.1, 0.15) is 0 Å². The second-order valence-electron chi connectivity index (χ2n) is 4.21. The molecular weight excluding hydrogens is 178 g/mol. The molecule has 2 saturated heterocycles. The molecule has 2 fully saturated rings. The van der Waals surface area contributed by atoms with E-state index >= 15 is 0 Å². The van der Waals surface area contributed by atoms with Crippen molar-refractivity contribution in [3.05, 3.63) is 0 Å². The Bertz CT molecular complexity index is 202. The van der Waals surface area contributed by atoms with Crippen molar-refractivity contribution in [1.29, 1.82) is 0 Å². The van der Waals surface area contributed by atoms with Crippen molar-refractivity contribution in [2.24, 2.45) is 0 Å². The van der Waals surface area contributed by atoms with E-state index in [1.165, 1.54) is 25.8 Å². The Morgan fingerprint density at radius 1 is 1.43 bits per heavy atom. The monoisotopic (exact) mass is 197 g/mol. The van der Waals surface area contributed by atoms with Crippen molar-refractivity contribution in [1.82, 2.24) is 15.5 Å².